The van der Waals surface area contributed by atoms with E-state index in [-0.39, 0.29) is 11.7 Å². The number of anilines is 2. The average molecular weight is 287 g/mol. The Morgan fingerprint density at radius 2 is 1.95 bits per heavy atom. The number of nitrogens with zero attached hydrogens (tertiary/aromatic N) is 1. The Labute approximate surface area is 123 Å². The van der Waals surface area contributed by atoms with Crippen LogP contribution in [0, 0.1) is 5.82 Å². The number of hydrogen-bond donors (Lipinski definition) is 2. The van der Waals surface area contributed by atoms with Crippen LogP contribution in [-0.4, -0.2) is 17.4 Å². The van der Waals surface area contributed by atoms with Crippen molar-refractivity contribution in [3.63, 3.8) is 0 Å². The summed E-state index contributed by atoms with van der Waals surface area (Å²) in [6.07, 6.45) is 3.77. The van der Waals surface area contributed by atoms with Gasteiger partial charge in [-0.15, -0.1) is 0 Å². The molecule has 1 amide bonds. The van der Waals surface area contributed by atoms with Crippen LogP contribution >= 0.6 is 0 Å². The lowest BCUT2D eigenvalue weighted by Crippen LogP contribution is -2.14. The van der Waals surface area contributed by atoms with E-state index in [2.05, 4.69) is 22.5 Å². The van der Waals surface area contributed by atoms with E-state index in [4.69, 9.17) is 0 Å². The molecule has 110 valence electrons. The van der Waals surface area contributed by atoms with Crippen molar-refractivity contribution in [2.24, 2.45) is 0 Å². The minimum absolute atomic E-state index is 0.319. The zero-order chi connectivity index (χ0) is 15.1. The predicted octanol–water partition coefficient (Wildman–Crippen LogP) is 3.69. The summed E-state index contributed by atoms with van der Waals surface area (Å²) in [6.45, 7) is 2.98. The Balaban J connectivity index is 2.01. The number of rotatable bonds is 6. The molecule has 0 unspecified atom stereocenters. The quantitative estimate of drug-likeness (QED) is 0.797. The summed E-state index contributed by atoms with van der Waals surface area (Å²) in [4.78, 5) is 16.1. The van der Waals surface area contributed by atoms with E-state index in [1.165, 1.54) is 24.3 Å². The fraction of sp³-hybridized carbons (Fsp3) is 0.250. The van der Waals surface area contributed by atoms with Gasteiger partial charge in [-0.1, -0.05) is 13.3 Å². The smallest absolute Gasteiger partial charge is 0.274 e. The van der Waals surface area contributed by atoms with Crippen molar-refractivity contribution < 1.29 is 9.18 Å². The number of unbranched alkanes of at least 4 members (excludes halogenated alkanes) is 1. The average Bonchev–Trinajstić information content (AvgIpc) is 2.50. The molecule has 0 spiro atoms. The third-order valence-corrected chi connectivity index (χ3v) is 2.95. The Morgan fingerprint density at radius 1 is 1.19 bits per heavy atom. The number of amides is 1. The number of benzene rings is 1. The molecule has 0 aliphatic carbocycles. The van der Waals surface area contributed by atoms with Gasteiger partial charge in [-0.2, -0.15) is 0 Å². The molecule has 2 aromatic rings. The molecule has 0 radical (unpaired) electrons. The second-order valence-electron chi connectivity index (χ2n) is 4.67. The van der Waals surface area contributed by atoms with Crippen LogP contribution in [0.5, 0.6) is 0 Å². The third-order valence-electron chi connectivity index (χ3n) is 2.95. The van der Waals surface area contributed by atoms with Crippen LogP contribution in [0.25, 0.3) is 0 Å². The summed E-state index contributed by atoms with van der Waals surface area (Å²) in [5.41, 5.74) is 1.72. The predicted molar refractivity (Wildman–Crippen MR) is 82.0 cm³/mol. The zero-order valence-electron chi connectivity index (χ0n) is 11.9. The van der Waals surface area contributed by atoms with Gasteiger partial charge in [0.05, 0.1) is 0 Å². The molecule has 5 heteroatoms. The minimum Gasteiger partial charge on any atom is -0.385 e. The second kappa shape index (κ2) is 7.38. The highest BCUT2D eigenvalue weighted by atomic mass is 19.1. The van der Waals surface area contributed by atoms with E-state index in [0.717, 1.165) is 25.1 Å². The standard InChI is InChI=1S/C16H18FN3O/c1-2-3-9-18-14-8-10-19-15(11-14)16(21)20-13-6-4-12(17)5-7-13/h4-8,10-11H,2-3,9H2,1H3,(H,18,19)(H,20,21). The normalized spacial score (nSPS) is 10.2. The van der Waals surface area contributed by atoms with Gasteiger partial charge >= 0.3 is 0 Å². The van der Waals surface area contributed by atoms with Crippen LogP contribution < -0.4 is 10.6 Å². The van der Waals surface area contributed by atoms with Crippen LogP contribution in [0.1, 0.15) is 30.3 Å². The number of hydrogen-bond acceptors (Lipinski definition) is 3. The van der Waals surface area contributed by atoms with Crippen LogP contribution in [0.15, 0.2) is 42.6 Å². The molecule has 0 aliphatic heterocycles. The maximum atomic E-state index is 12.8. The molecule has 1 aromatic heterocycles. The topological polar surface area (TPSA) is 54.0 Å². The van der Waals surface area contributed by atoms with Gasteiger partial charge < -0.3 is 10.6 Å². The Kier molecular flexibility index (Phi) is 5.26. The summed E-state index contributed by atoms with van der Waals surface area (Å²) >= 11 is 0. The third kappa shape index (κ3) is 4.56. The van der Waals surface area contributed by atoms with E-state index in [9.17, 15) is 9.18 Å². The highest BCUT2D eigenvalue weighted by molar-refractivity contribution is 6.03. The Hall–Kier alpha value is -2.43. The van der Waals surface area contributed by atoms with Gasteiger partial charge in [0.1, 0.15) is 11.5 Å². The summed E-state index contributed by atoms with van der Waals surface area (Å²) in [7, 11) is 0. The van der Waals surface area contributed by atoms with Crippen molar-refractivity contribution in [3.8, 4) is 0 Å². The van der Waals surface area contributed by atoms with E-state index in [1.807, 2.05) is 6.07 Å². The highest BCUT2D eigenvalue weighted by Gasteiger charge is 2.08. The fourth-order valence-electron chi connectivity index (χ4n) is 1.80. The van der Waals surface area contributed by atoms with E-state index < -0.39 is 0 Å². The van der Waals surface area contributed by atoms with Crippen LogP contribution in [-0.2, 0) is 0 Å². The number of halogens is 1. The van der Waals surface area contributed by atoms with Crippen LogP contribution in [0.2, 0.25) is 0 Å². The fourth-order valence-corrected chi connectivity index (χ4v) is 1.80. The number of aromatic nitrogens is 1. The molecule has 1 heterocycles. The van der Waals surface area contributed by atoms with Gasteiger partial charge in [-0.25, -0.2) is 4.39 Å². The molecular weight excluding hydrogens is 269 g/mol. The molecule has 0 saturated heterocycles. The first-order valence-corrected chi connectivity index (χ1v) is 6.96. The Bertz CT molecular complexity index is 599. The first-order valence-electron chi connectivity index (χ1n) is 6.96. The lowest BCUT2D eigenvalue weighted by atomic mass is 10.2. The monoisotopic (exact) mass is 287 g/mol. The van der Waals surface area contributed by atoms with Gasteiger partial charge in [-0.3, -0.25) is 9.78 Å². The molecule has 2 rings (SSSR count). The number of nitrogens with one attached hydrogen (secondary N) is 2. The van der Waals surface area contributed by atoms with Crippen molar-refractivity contribution in [1.82, 2.24) is 4.98 Å². The van der Waals surface area contributed by atoms with Crippen molar-refractivity contribution in [2.75, 3.05) is 17.2 Å². The van der Waals surface area contributed by atoms with Crippen LogP contribution in [0.3, 0.4) is 0 Å². The van der Waals surface area contributed by atoms with Crippen molar-refractivity contribution in [2.45, 2.75) is 19.8 Å². The van der Waals surface area contributed by atoms with Gasteiger partial charge in [0.2, 0.25) is 0 Å². The van der Waals surface area contributed by atoms with E-state index in [0.29, 0.717) is 11.4 Å². The van der Waals surface area contributed by atoms with Gasteiger partial charge in [-0.05, 0) is 42.8 Å². The molecule has 0 atom stereocenters. The molecule has 21 heavy (non-hydrogen) atoms. The number of pyridine rings is 1. The second-order valence-corrected chi connectivity index (χ2v) is 4.67. The van der Waals surface area contributed by atoms with Crippen LogP contribution in [0.4, 0.5) is 15.8 Å². The minimum atomic E-state index is -0.340. The molecule has 0 aliphatic rings. The lowest BCUT2D eigenvalue weighted by molar-refractivity contribution is 0.102. The first kappa shape index (κ1) is 15.0. The summed E-state index contributed by atoms with van der Waals surface area (Å²) in [6, 6.07) is 9.14. The van der Waals surface area contributed by atoms with Gasteiger partial charge in [0, 0.05) is 24.1 Å². The van der Waals surface area contributed by atoms with Crippen molar-refractivity contribution >= 4 is 17.3 Å². The van der Waals surface area contributed by atoms with Gasteiger partial charge in [0.25, 0.3) is 5.91 Å². The zero-order valence-corrected chi connectivity index (χ0v) is 11.9. The molecule has 1 aromatic carbocycles. The maximum Gasteiger partial charge on any atom is 0.274 e. The Morgan fingerprint density at radius 3 is 2.67 bits per heavy atom. The SMILES string of the molecule is CCCCNc1ccnc(C(=O)Nc2ccc(F)cc2)c1. The highest BCUT2D eigenvalue weighted by Crippen LogP contribution is 2.12. The van der Waals surface area contributed by atoms with Crippen molar-refractivity contribution in [3.05, 3.63) is 54.1 Å². The molecule has 4 nitrogen and oxygen atoms in total. The molecule has 0 bridgehead atoms. The number of carbonyl (C=O) groups is 1. The molecule has 0 fully saturated rings. The first-order chi connectivity index (χ1) is 10.2. The summed E-state index contributed by atoms with van der Waals surface area (Å²) in [5, 5.41) is 5.93. The number of carbonyl (C=O) groups excluding carboxylic acids is 1. The summed E-state index contributed by atoms with van der Waals surface area (Å²) < 4.78 is 12.8. The maximum absolute atomic E-state index is 12.8. The van der Waals surface area contributed by atoms with E-state index >= 15 is 0 Å². The van der Waals surface area contributed by atoms with Gasteiger partial charge in [0.15, 0.2) is 0 Å². The summed E-state index contributed by atoms with van der Waals surface area (Å²) in [5.74, 6) is -0.658. The molecule has 2 N–H and O–H groups in total. The largest absolute Gasteiger partial charge is 0.385 e. The van der Waals surface area contributed by atoms with E-state index in [1.54, 1.807) is 12.3 Å². The lowest BCUT2D eigenvalue weighted by Gasteiger charge is -2.08. The molecular formula is C16H18FN3O. The van der Waals surface area contributed by atoms with Crippen molar-refractivity contribution in [1.29, 1.82) is 0 Å². The molecule has 0 saturated carbocycles.